The van der Waals surface area contributed by atoms with Crippen LogP contribution in [0.25, 0.3) is 0 Å². The molecule has 0 aliphatic rings. The van der Waals surface area contributed by atoms with Crippen molar-refractivity contribution in [2.75, 3.05) is 20.2 Å². The van der Waals surface area contributed by atoms with Crippen LogP contribution in [0.3, 0.4) is 0 Å². The van der Waals surface area contributed by atoms with E-state index in [0.29, 0.717) is 6.61 Å². The van der Waals surface area contributed by atoms with E-state index in [1.165, 1.54) is 31.0 Å². The number of rotatable bonds is 10. The van der Waals surface area contributed by atoms with Gasteiger partial charge in [0.25, 0.3) is 0 Å². The van der Waals surface area contributed by atoms with Crippen molar-refractivity contribution >= 4 is 0 Å². The predicted octanol–water partition coefficient (Wildman–Crippen LogP) is 2.58. The number of nitrogens with zero attached hydrogens (tertiary/aromatic N) is 2. The van der Waals surface area contributed by atoms with Crippen molar-refractivity contribution in [3.05, 3.63) is 0 Å². The molecule has 0 aliphatic heterocycles. The van der Waals surface area contributed by atoms with Crippen LogP contribution in [0.4, 0.5) is 0 Å². The highest BCUT2D eigenvalue weighted by Gasteiger charge is 2.11. The number of terminal acetylenes is 1. The van der Waals surface area contributed by atoms with Crippen molar-refractivity contribution in [2.24, 2.45) is 0 Å². The van der Waals surface area contributed by atoms with Gasteiger partial charge in [-0.15, -0.1) is 0 Å². The van der Waals surface area contributed by atoms with Gasteiger partial charge >= 0.3 is 0 Å². The first kappa shape index (κ1) is 15.2. The van der Waals surface area contributed by atoms with Gasteiger partial charge in [0.05, 0.1) is 11.9 Å². The molecule has 0 aromatic heterocycles. The minimum Gasteiger partial charge on any atom is -0.312 e. The van der Waals surface area contributed by atoms with E-state index in [0.717, 1.165) is 13.0 Å². The molecule has 0 atom stereocenters. The molecule has 0 amide bonds. The van der Waals surface area contributed by atoms with Crippen molar-refractivity contribution in [1.82, 2.24) is 10.3 Å². The Bertz CT molecular complexity index is 192. The van der Waals surface area contributed by atoms with Crippen LogP contribution < -0.4 is 0 Å². The number of hydrogen-bond donors (Lipinski definition) is 0. The normalized spacial score (nSPS) is 10.8. The second-order valence-electron chi connectivity index (χ2n) is 3.66. The van der Waals surface area contributed by atoms with E-state index >= 15 is 0 Å². The predicted molar refractivity (Wildman–Crippen MR) is 64.8 cm³/mol. The quantitative estimate of drug-likeness (QED) is 0.326. The van der Waals surface area contributed by atoms with Crippen molar-refractivity contribution in [3.63, 3.8) is 0 Å². The molecule has 4 heteroatoms. The molecular weight excluding hydrogens is 204 g/mol. The molecule has 0 aromatic carbocycles. The lowest BCUT2D eigenvalue weighted by Crippen LogP contribution is -2.39. The lowest BCUT2D eigenvalue weighted by molar-refractivity contribution is -0.429. The first-order valence-electron chi connectivity index (χ1n) is 6.02. The minimum absolute atomic E-state index is 0.530. The van der Waals surface area contributed by atoms with Crippen molar-refractivity contribution < 1.29 is 9.68 Å². The van der Waals surface area contributed by atoms with E-state index in [-0.39, 0.29) is 0 Å². The van der Waals surface area contributed by atoms with E-state index in [1.54, 1.807) is 0 Å². The van der Waals surface area contributed by atoms with Gasteiger partial charge in [-0.25, -0.2) is 0 Å². The van der Waals surface area contributed by atoms with Gasteiger partial charge in [0.15, 0.2) is 0 Å². The summed E-state index contributed by atoms with van der Waals surface area (Å²) in [7, 11) is 1.90. The first-order chi connectivity index (χ1) is 7.76. The molecule has 0 spiro atoms. The Morgan fingerprint density at radius 3 is 2.38 bits per heavy atom. The zero-order valence-corrected chi connectivity index (χ0v) is 10.7. The van der Waals surface area contributed by atoms with E-state index in [4.69, 9.17) is 16.1 Å². The largest absolute Gasteiger partial charge is 0.312 e. The van der Waals surface area contributed by atoms with E-state index in [1.807, 2.05) is 19.0 Å². The van der Waals surface area contributed by atoms with Crippen LogP contribution in [0.2, 0.25) is 0 Å². The number of unbranched alkanes of at least 4 members (excludes halogenated alkanes) is 4. The average Bonchev–Trinajstić information content (AvgIpc) is 2.28. The maximum Gasteiger partial charge on any atom is 0.139 e. The molecule has 16 heavy (non-hydrogen) atoms. The smallest absolute Gasteiger partial charge is 0.139 e. The van der Waals surface area contributed by atoms with Crippen LogP contribution in [-0.2, 0) is 9.68 Å². The number of hydrazine groups is 1. The topological polar surface area (TPSA) is 24.9 Å². The van der Waals surface area contributed by atoms with E-state index in [2.05, 4.69) is 13.0 Å². The molecule has 0 saturated carbocycles. The average molecular weight is 228 g/mol. The van der Waals surface area contributed by atoms with E-state index in [9.17, 15) is 0 Å². The third-order valence-corrected chi connectivity index (χ3v) is 2.23. The van der Waals surface area contributed by atoms with Crippen LogP contribution >= 0.6 is 0 Å². The third kappa shape index (κ3) is 7.52. The van der Waals surface area contributed by atoms with Gasteiger partial charge in [-0.05, 0) is 13.3 Å². The molecule has 0 N–H and O–H groups in total. The highest BCUT2D eigenvalue weighted by atomic mass is 17.0. The second kappa shape index (κ2) is 10.7. The molecule has 0 aromatic rings. The highest BCUT2D eigenvalue weighted by molar-refractivity contribution is 4.66. The van der Waals surface area contributed by atoms with Crippen LogP contribution in [0.1, 0.15) is 46.0 Å². The van der Waals surface area contributed by atoms with Gasteiger partial charge in [0, 0.05) is 13.6 Å². The third-order valence-electron chi connectivity index (χ3n) is 2.23. The van der Waals surface area contributed by atoms with Gasteiger partial charge in [-0.1, -0.05) is 39.0 Å². The lowest BCUT2D eigenvalue weighted by atomic mass is 10.1. The van der Waals surface area contributed by atoms with Crippen LogP contribution in [-0.4, -0.2) is 30.5 Å². The summed E-state index contributed by atoms with van der Waals surface area (Å²) in [5.74, 6) is 0. The summed E-state index contributed by atoms with van der Waals surface area (Å²) in [5, 5.41) is 3.11. The SMILES string of the molecule is C#CON(OCC)N(C)CCCCCCC. The summed E-state index contributed by atoms with van der Waals surface area (Å²) in [4.78, 5) is 10.1. The Kier molecular flexibility index (Phi) is 10.2. The zero-order valence-electron chi connectivity index (χ0n) is 10.7. The molecular formula is C12H24N2O2. The van der Waals surface area contributed by atoms with Gasteiger partial charge in [-0.2, -0.15) is 5.01 Å². The van der Waals surface area contributed by atoms with Crippen LogP contribution in [0.5, 0.6) is 0 Å². The summed E-state index contributed by atoms with van der Waals surface area (Å²) in [6.07, 6.45) is 13.4. The van der Waals surface area contributed by atoms with Crippen molar-refractivity contribution in [1.29, 1.82) is 0 Å². The van der Waals surface area contributed by atoms with Crippen molar-refractivity contribution in [2.45, 2.75) is 46.0 Å². The summed E-state index contributed by atoms with van der Waals surface area (Å²) < 4.78 is 0. The summed E-state index contributed by atoms with van der Waals surface area (Å²) in [5.41, 5.74) is 0. The fraction of sp³-hybridized carbons (Fsp3) is 0.833. The fourth-order valence-electron chi connectivity index (χ4n) is 1.38. The summed E-state index contributed by atoms with van der Waals surface area (Å²) >= 11 is 0. The molecule has 0 radical (unpaired) electrons. The second-order valence-corrected chi connectivity index (χ2v) is 3.66. The standard InChI is InChI=1S/C12H24N2O2/c1-5-8-9-10-11-12-13(4)14(15-6-2)16-7-3/h2H,5,7-12H2,1,3-4H3. The van der Waals surface area contributed by atoms with Crippen LogP contribution in [0.15, 0.2) is 0 Å². The van der Waals surface area contributed by atoms with Gasteiger partial charge in [-0.3, -0.25) is 4.84 Å². The Morgan fingerprint density at radius 2 is 1.81 bits per heavy atom. The monoisotopic (exact) mass is 228 g/mol. The molecule has 94 valence electrons. The minimum atomic E-state index is 0.530. The maximum atomic E-state index is 5.22. The van der Waals surface area contributed by atoms with E-state index < -0.39 is 0 Å². The summed E-state index contributed by atoms with van der Waals surface area (Å²) in [6, 6.07) is 0. The van der Waals surface area contributed by atoms with Gasteiger partial charge < -0.3 is 4.84 Å². The Morgan fingerprint density at radius 1 is 1.12 bits per heavy atom. The molecule has 0 heterocycles. The van der Waals surface area contributed by atoms with Gasteiger partial charge in [0.2, 0.25) is 0 Å². The molecule has 0 saturated heterocycles. The molecule has 0 rings (SSSR count). The molecule has 0 unspecified atom stereocenters. The maximum absolute atomic E-state index is 5.22. The summed E-state index contributed by atoms with van der Waals surface area (Å²) in [6.45, 7) is 5.51. The zero-order chi connectivity index (χ0) is 12.2. The fourth-order valence-corrected chi connectivity index (χ4v) is 1.38. The Labute approximate surface area is 99.4 Å². The highest BCUT2D eigenvalue weighted by Crippen LogP contribution is 2.05. The van der Waals surface area contributed by atoms with Gasteiger partial charge in [0.1, 0.15) is 6.11 Å². The first-order valence-corrected chi connectivity index (χ1v) is 6.02. The molecule has 0 aliphatic carbocycles. The lowest BCUT2D eigenvalue weighted by Gasteiger charge is -2.25. The van der Waals surface area contributed by atoms with Crippen LogP contribution in [0, 0.1) is 12.5 Å². The van der Waals surface area contributed by atoms with Crippen molar-refractivity contribution in [3.8, 4) is 12.5 Å². The Hall–Kier alpha value is -0.760. The molecule has 0 bridgehead atoms. The Balaban J connectivity index is 3.65. The number of hydrogen-bond acceptors (Lipinski definition) is 4. The molecule has 0 fully saturated rings. The molecule has 4 nitrogen and oxygen atoms in total.